The van der Waals surface area contributed by atoms with Gasteiger partial charge in [0.05, 0.1) is 6.07 Å². The molecular formula is C12H12FNO2. The average molecular weight is 221 g/mol. The monoisotopic (exact) mass is 221 g/mol. The lowest BCUT2D eigenvalue weighted by molar-refractivity contribution is -0.191. The van der Waals surface area contributed by atoms with Crippen molar-refractivity contribution in [1.29, 1.82) is 5.26 Å². The summed E-state index contributed by atoms with van der Waals surface area (Å²) in [6.45, 7) is 3.61. The van der Waals surface area contributed by atoms with Crippen LogP contribution in [0.4, 0.5) is 4.39 Å². The molecule has 0 saturated heterocycles. The first-order valence-electron chi connectivity index (χ1n) is 4.68. The van der Waals surface area contributed by atoms with Crippen molar-refractivity contribution in [2.75, 3.05) is 0 Å². The Morgan fingerprint density at radius 3 is 2.38 bits per heavy atom. The third-order valence-corrected chi connectivity index (χ3v) is 2.10. The molecule has 0 saturated carbocycles. The largest absolute Gasteiger partial charge is 0.373 e. The van der Waals surface area contributed by atoms with Crippen LogP contribution >= 0.6 is 0 Å². The summed E-state index contributed by atoms with van der Waals surface area (Å²) in [7, 11) is 0. The molecule has 0 aliphatic carbocycles. The summed E-state index contributed by atoms with van der Waals surface area (Å²) in [6, 6.07) is 5.52. The molecule has 0 aliphatic rings. The zero-order chi connectivity index (χ0) is 12.6. The molecule has 0 N–H and O–H groups in total. The average Bonchev–Trinajstić information content (AvgIpc) is 2.22. The van der Waals surface area contributed by atoms with Crippen molar-refractivity contribution in [3.05, 3.63) is 34.6 Å². The Kier molecular flexibility index (Phi) is 6.42. The van der Waals surface area contributed by atoms with Crippen molar-refractivity contribution < 1.29 is 14.0 Å². The molecule has 0 spiro atoms. The van der Waals surface area contributed by atoms with E-state index in [0.717, 1.165) is 11.1 Å². The van der Waals surface area contributed by atoms with Crippen LogP contribution in [-0.2, 0) is 16.0 Å². The first kappa shape index (κ1) is 14.0. The molecule has 0 aliphatic heterocycles. The molecule has 1 aromatic carbocycles. The van der Waals surface area contributed by atoms with Crippen molar-refractivity contribution in [3.63, 3.8) is 0 Å². The van der Waals surface area contributed by atoms with Crippen LogP contribution < -0.4 is 0 Å². The van der Waals surface area contributed by atoms with Gasteiger partial charge in [-0.15, -0.1) is 0 Å². The lowest BCUT2D eigenvalue weighted by atomic mass is 10.0. The molecule has 0 heterocycles. The fourth-order valence-corrected chi connectivity index (χ4v) is 1.34. The van der Waals surface area contributed by atoms with Gasteiger partial charge in [-0.1, -0.05) is 6.07 Å². The highest BCUT2D eigenvalue weighted by molar-refractivity contribution is 5.32. The maximum Gasteiger partial charge on any atom is 0.373 e. The Balaban J connectivity index is 0.000000673. The van der Waals surface area contributed by atoms with Crippen LogP contribution in [0.2, 0.25) is 0 Å². The van der Waals surface area contributed by atoms with Crippen molar-refractivity contribution in [2.24, 2.45) is 0 Å². The highest BCUT2D eigenvalue weighted by Crippen LogP contribution is 2.16. The maximum atomic E-state index is 13.2. The third-order valence-electron chi connectivity index (χ3n) is 2.10. The van der Waals surface area contributed by atoms with Gasteiger partial charge >= 0.3 is 6.15 Å². The van der Waals surface area contributed by atoms with Crippen molar-refractivity contribution in [1.82, 2.24) is 0 Å². The summed E-state index contributed by atoms with van der Waals surface area (Å²) in [5, 5.41) is 8.41. The lowest BCUT2D eigenvalue weighted by Gasteiger charge is -2.06. The van der Waals surface area contributed by atoms with Gasteiger partial charge < -0.3 is 0 Å². The summed E-state index contributed by atoms with van der Waals surface area (Å²) >= 11 is 0. The van der Waals surface area contributed by atoms with Crippen LogP contribution in [0.15, 0.2) is 12.1 Å². The van der Waals surface area contributed by atoms with E-state index in [1.807, 2.05) is 13.0 Å². The zero-order valence-electron chi connectivity index (χ0n) is 9.21. The molecule has 0 amide bonds. The van der Waals surface area contributed by atoms with Crippen LogP contribution in [0.3, 0.4) is 0 Å². The molecule has 16 heavy (non-hydrogen) atoms. The number of aryl methyl sites for hydroxylation is 2. The van der Waals surface area contributed by atoms with E-state index in [0.29, 0.717) is 18.4 Å². The summed E-state index contributed by atoms with van der Waals surface area (Å²) in [5.74, 6) is -0.173. The second-order valence-corrected chi connectivity index (χ2v) is 3.27. The Morgan fingerprint density at radius 2 is 1.88 bits per heavy atom. The lowest BCUT2D eigenvalue weighted by Crippen LogP contribution is -1.94. The molecule has 1 aromatic rings. The van der Waals surface area contributed by atoms with E-state index >= 15 is 0 Å². The Bertz CT molecular complexity index is 429. The normalized spacial score (nSPS) is 8.38. The summed E-state index contributed by atoms with van der Waals surface area (Å²) < 4.78 is 13.2. The Hall–Kier alpha value is -1.98. The minimum Gasteiger partial charge on any atom is -0.207 e. The predicted molar refractivity (Wildman–Crippen MR) is 54.8 cm³/mol. The van der Waals surface area contributed by atoms with Gasteiger partial charge in [0.1, 0.15) is 5.82 Å². The maximum absolute atomic E-state index is 13.2. The van der Waals surface area contributed by atoms with Crippen LogP contribution in [0.1, 0.15) is 23.1 Å². The molecule has 0 atom stereocenters. The van der Waals surface area contributed by atoms with Crippen molar-refractivity contribution in [2.45, 2.75) is 26.7 Å². The number of nitriles is 1. The van der Waals surface area contributed by atoms with Crippen LogP contribution in [0.25, 0.3) is 0 Å². The van der Waals surface area contributed by atoms with Gasteiger partial charge in [-0.25, -0.2) is 4.39 Å². The topological polar surface area (TPSA) is 57.9 Å². The smallest absolute Gasteiger partial charge is 0.207 e. The number of hydrogen-bond acceptors (Lipinski definition) is 3. The fraction of sp³-hybridized carbons (Fsp3) is 0.333. The second kappa shape index (κ2) is 7.33. The van der Waals surface area contributed by atoms with Gasteiger partial charge in [-0.05, 0) is 43.0 Å². The summed E-state index contributed by atoms with van der Waals surface area (Å²) in [6.07, 6.45) is 1.34. The molecular weight excluding hydrogens is 209 g/mol. The number of hydrogen-bond donors (Lipinski definition) is 0. The highest BCUT2D eigenvalue weighted by Gasteiger charge is 2.04. The first-order valence-corrected chi connectivity index (χ1v) is 4.68. The Labute approximate surface area is 93.5 Å². The van der Waals surface area contributed by atoms with Crippen molar-refractivity contribution >= 4 is 6.15 Å². The highest BCUT2D eigenvalue weighted by atomic mass is 19.1. The molecule has 0 unspecified atom stereocenters. The van der Waals surface area contributed by atoms with E-state index in [9.17, 15) is 4.39 Å². The van der Waals surface area contributed by atoms with E-state index < -0.39 is 0 Å². The van der Waals surface area contributed by atoms with E-state index in [1.165, 1.54) is 6.07 Å². The molecule has 0 bridgehead atoms. The van der Waals surface area contributed by atoms with Gasteiger partial charge in [0, 0.05) is 6.42 Å². The van der Waals surface area contributed by atoms with Crippen LogP contribution in [0.5, 0.6) is 0 Å². The quantitative estimate of drug-likeness (QED) is 0.770. The number of rotatable bonds is 2. The minimum absolute atomic E-state index is 0.173. The minimum atomic E-state index is -0.173. The van der Waals surface area contributed by atoms with Gasteiger partial charge in [0.2, 0.25) is 0 Å². The number of benzene rings is 1. The summed E-state index contributed by atoms with van der Waals surface area (Å²) in [5.41, 5.74) is 2.52. The van der Waals surface area contributed by atoms with E-state index in [2.05, 4.69) is 6.07 Å². The van der Waals surface area contributed by atoms with Gasteiger partial charge in [-0.3, -0.25) is 0 Å². The zero-order valence-corrected chi connectivity index (χ0v) is 9.21. The molecule has 3 nitrogen and oxygen atoms in total. The van der Waals surface area contributed by atoms with E-state index in [4.69, 9.17) is 14.9 Å². The number of carbonyl (C=O) groups excluding carboxylic acids is 2. The standard InChI is InChI=1S/C11H12FN.CO2/c1-8-6-10(4-3-5-13)9(2)11(12)7-8;2-1-3/h6-7H,3-4H2,1-2H3;. The second-order valence-electron chi connectivity index (χ2n) is 3.27. The molecule has 1 rings (SSSR count). The molecule has 4 heteroatoms. The fourth-order valence-electron chi connectivity index (χ4n) is 1.34. The first-order chi connectivity index (χ1) is 7.56. The molecule has 84 valence electrons. The van der Waals surface area contributed by atoms with Gasteiger partial charge in [0.25, 0.3) is 0 Å². The van der Waals surface area contributed by atoms with Crippen LogP contribution in [-0.4, -0.2) is 6.15 Å². The SMILES string of the molecule is Cc1cc(F)c(C)c(CCC#N)c1.O=C=O. The molecule has 0 fully saturated rings. The van der Waals surface area contributed by atoms with Gasteiger partial charge in [-0.2, -0.15) is 14.9 Å². The van der Waals surface area contributed by atoms with E-state index in [1.54, 1.807) is 6.92 Å². The Morgan fingerprint density at radius 1 is 1.31 bits per heavy atom. The number of nitrogens with zero attached hydrogens (tertiary/aromatic N) is 1. The molecule has 0 aromatic heterocycles. The predicted octanol–water partition coefficient (Wildman–Crippen LogP) is 2.32. The number of halogens is 1. The summed E-state index contributed by atoms with van der Waals surface area (Å²) in [4.78, 5) is 16.2. The van der Waals surface area contributed by atoms with Crippen LogP contribution in [0, 0.1) is 31.0 Å². The molecule has 0 radical (unpaired) electrons. The third kappa shape index (κ3) is 4.50. The van der Waals surface area contributed by atoms with Crippen molar-refractivity contribution in [3.8, 4) is 6.07 Å². The van der Waals surface area contributed by atoms with Gasteiger partial charge in [0.15, 0.2) is 0 Å². The van der Waals surface area contributed by atoms with E-state index in [-0.39, 0.29) is 12.0 Å².